The van der Waals surface area contributed by atoms with Gasteiger partial charge in [-0.25, -0.2) is 0 Å². The molecule has 0 heterocycles. The summed E-state index contributed by atoms with van der Waals surface area (Å²) in [4.78, 5) is 25.0. The predicted octanol–water partition coefficient (Wildman–Crippen LogP) is 2.25. The Labute approximate surface area is 178 Å². The highest BCUT2D eigenvalue weighted by Gasteiger charge is 2.18. The minimum absolute atomic E-state index is 0.0800. The SMILES string of the molecule is CCOc1ccc(Oc2ccc(NC(=O)C[NH+](C)CC(=O)NC(C)(C)C)cc2)cc1. The summed E-state index contributed by atoms with van der Waals surface area (Å²) in [7, 11) is 1.82. The van der Waals surface area contributed by atoms with Crippen LogP contribution in [-0.2, 0) is 9.59 Å². The number of benzene rings is 2. The molecule has 162 valence electrons. The van der Waals surface area contributed by atoms with Crippen LogP contribution in [0.25, 0.3) is 0 Å². The Morgan fingerprint density at radius 1 is 0.867 bits per heavy atom. The van der Waals surface area contributed by atoms with Crippen LogP contribution in [0.1, 0.15) is 27.7 Å². The van der Waals surface area contributed by atoms with Gasteiger partial charge >= 0.3 is 0 Å². The number of nitrogens with one attached hydrogen (secondary N) is 3. The summed E-state index contributed by atoms with van der Waals surface area (Å²) in [6.07, 6.45) is 0. The number of carbonyl (C=O) groups excluding carboxylic acids is 2. The maximum atomic E-state index is 12.2. The Balaban J connectivity index is 1.81. The molecule has 7 nitrogen and oxygen atoms in total. The number of ether oxygens (including phenoxy) is 2. The van der Waals surface area contributed by atoms with Gasteiger partial charge in [-0.3, -0.25) is 9.59 Å². The van der Waals surface area contributed by atoms with Crippen LogP contribution in [0.2, 0.25) is 0 Å². The normalized spacial score (nSPS) is 12.0. The minimum Gasteiger partial charge on any atom is -0.494 e. The molecule has 3 N–H and O–H groups in total. The lowest BCUT2D eigenvalue weighted by Gasteiger charge is -2.21. The van der Waals surface area contributed by atoms with Crippen molar-refractivity contribution in [2.45, 2.75) is 33.2 Å². The molecule has 0 aromatic heterocycles. The van der Waals surface area contributed by atoms with Crippen molar-refractivity contribution in [2.75, 3.05) is 32.1 Å². The molecule has 2 rings (SSSR count). The molecule has 0 spiro atoms. The van der Waals surface area contributed by atoms with Crippen molar-refractivity contribution in [3.63, 3.8) is 0 Å². The van der Waals surface area contributed by atoms with Crippen molar-refractivity contribution in [3.8, 4) is 17.2 Å². The first-order valence-corrected chi connectivity index (χ1v) is 10.1. The largest absolute Gasteiger partial charge is 0.494 e. The van der Waals surface area contributed by atoms with Gasteiger partial charge in [0.2, 0.25) is 0 Å². The molecule has 1 atom stereocenters. The molecule has 0 aliphatic carbocycles. The summed E-state index contributed by atoms with van der Waals surface area (Å²) in [5, 5.41) is 5.74. The van der Waals surface area contributed by atoms with Crippen LogP contribution in [0, 0.1) is 0 Å². The van der Waals surface area contributed by atoms with Crippen molar-refractivity contribution >= 4 is 17.5 Å². The second-order valence-electron chi connectivity index (χ2n) is 8.19. The molecule has 0 fully saturated rings. The summed E-state index contributed by atoms with van der Waals surface area (Å²) < 4.78 is 11.2. The van der Waals surface area contributed by atoms with E-state index >= 15 is 0 Å². The highest BCUT2D eigenvalue weighted by atomic mass is 16.5. The first-order valence-electron chi connectivity index (χ1n) is 10.1. The smallest absolute Gasteiger partial charge is 0.279 e. The molecule has 7 heteroatoms. The van der Waals surface area contributed by atoms with E-state index in [9.17, 15) is 9.59 Å². The molecule has 0 saturated heterocycles. The molecule has 30 heavy (non-hydrogen) atoms. The van der Waals surface area contributed by atoms with Crippen LogP contribution < -0.4 is 25.0 Å². The third-order valence-corrected chi connectivity index (χ3v) is 3.95. The quantitative estimate of drug-likeness (QED) is 0.588. The van der Waals surface area contributed by atoms with Gasteiger partial charge in [0.25, 0.3) is 11.8 Å². The highest BCUT2D eigenvalue weighted by Crippen LogP contribution is 2.25. The van der Waals surface area contributed by atoms with E-state index in [0.29, 0.717) is 23.8 Å². The standard InChI is InChI=1S/C23H31N3O4/c1-6-29-18-11-13-20(14-12-18)30-19-9-7-17(8-10-19)24-21(27)15-26(5)16-22(28)25-23(2,3)4/h7-14H,6,15-16H2,1-5H3,(H,24,27)(H,25,28)/p+1. The van der Waals surface area contributed by atoms with Crippen molar-refractivity contribution in [1.82, 2.24) is 5.32 Å². The van der Waals surface area contributed by atoms with Gasteiger partial charge in [0.1, 0.15) is 17.2 Å². The molecular weight excluding hydrogens is 382 g/mol. The van der Waals surface area contributed by atoms with E-state index in [2.05, 4.69) is 10.6 Å². The number of rotatable bonds is 9. The first-order chi connectivity index (χ1) is 14.1. The molecular formula is C23H32N3O4+. The number of quaternary nitrogens is 1. The number of carbonyl (C=O) groups is 2. The van der Waals surface area contributed by atoms with E-state index in [-0.39, 0.29) is 30.4 Å². The summed E-state index contributed by atoms with van der Waals surface area (Å²) >= 11 is 0. The average Bonchev–Trinajstić information content (AvgIpc) is 2.63. The minimum atomic E-state index is -0.283. The van der Waals surface area contributed by atoms with Crippen molar-refractivity contribution in [1.29, 1.82) is 0 Å². The van der Waals surface area contributed by atoms with Crippen LogP contribution in [0.15, 0.2) is 48.5 Å². The van der Waals surface area contributed by atoms with Crippen molar-refractivity contribution in [3.05, 3.63) is 48.5 Å². The van der Waals surface area contributed by atoms with Gasteiger partial charge < -0.3 is 25.0 Å². The van der Waals surface area contributed by atoms with Crippen LogP contribution in [0.3, 0.4) is 0 Å². The maximum absolute atomic E-state index is 12.2. The van der Waals surface area contributed by atoms with Gasteiger partial charge in [0, 0.05) is 11.2 Å². The predicted molar refractivity (Wildman–Crippen MR) is 117 cm³/mol. The number of hydrogen-bond donors (Lipinski definition) is 3. The van der Waals surface area contributed by atoms with Gasteiger partial charge in [0.05, 0.1) is 13.7 Å². The summed E-state index contributed by atoms with van der Waals surface area (Å²) in [5.41, 5.74) is 0.389. The Kier molecular flexibility index (Phi) is 8.24. The molecule has 2 amide bonds. The Morgan fingerprint density at radius 2 is 1.37 bits per heavy atom. The highest BCUT2D eigenvalue weighted by molar-refractivity contribution is 5.91. The van der Waals surface area contributed by atoms with Gasteiger partial charge in [-0.1, -0.05) is 0 Å². The summed E-state index contributed by atoms with van der Waals surface area (Å²) in [6.45, 7) is 8.77. The monoisotopic (exact) mass is 414 g/mol. The van der Waals surface area contributed by atoms with Crippen molar-refractivity contribution in [2.24, 2.45) is 0 Å². The van der Waals surface area contributed by atoms with E-state index in [4.69, 9.17) is 9.47 Å². The molecule has 0 radical (unpaired) electrons. The summed E-state index contributed by atoms with van der Waals surface area (Å²) in [6, 6.07) is 14.5. The van der Waals surface area contributed by atoms with E-state index in [0.717, 1.165) is 10.6 Å². The number of hydrogen-bond acceptors (Lipinski definition) is 4. The maximum Gasteiger partial charge on any atom is 0.279 e. The fourth-order valence-electron chi connectivity index (χ4n) is 2.79. The van der Waals surface area contributed by atoms with Gasteiger partial charge in [-0.05, 0) is 76.2 Å². The topological polar surface area (TPSA) is 81.1 Å². The van der Waals surface area contributed by atoms with Crippen molar-refractivity contribution < 1.29 is 24.0 Å². The van der Waals surface area contributed by atoms with E-state index in [1.807, 2.05) is 59.0 Å². The van der Waals surface area contributed by atoms with Crippen LogP contribution in [0.5, 0.6) is 17.2 Å². The second-order valence-corrected chi connectivity index (χ2v) is 8.19. The molecule has 1 unspecified atom stereocenters. The van der Waals surface area contributed by atoms with Crippen LogP contribution in [0.4, 0.5) is 5.69 Å². The zero-order chi connectivity index (χ0) is 22.1. The second kappa shape index (κ2) is 10.6. The number of likely N-dealkylation sites (N-methyl/N-ethyl adjacent to an activating group) is 1. The zero-order valence-corrected chi connectivity index (χ0v) is 18.4. The van der Waals surface area contributed by atoms with Crippen LogP contribution >= 0.6 is 0 Å². The van der Waals surface area contributed by atoms with Gasteiger partial charge in [-0.2, -0.15) is 0 Å². The zero-order valence-electron chi connectivity index (χ0n) is 18.4. The Hall–Kier alpha value is -3.06. The Bertz CT molecular complexity index is 827. The van der Waals surface area contributed by atoms with Crippen LogP contribution in [-0.4, -0.2) is 44.1 Å². The summed E-state index contributed by atoms with van der Waals surface area (Å²) in [5.74, 6) is 1.93. The van der Waals surface area contributed by atoms with Gasteiger partial charge in [0.15, 0.2) is 13.1 Å². The average molecular weight is 415 g/mol. The van der Waals surface area contributed by atoms with E-state index < -0.39 is 0 Å². The molecule has 0 aliphatic heterocycles. The molecule has 2 aromatic rings. The lowest BCUT2D eigenvalue weighted by atomic mass is 10.1. The third kappa shape index (κ3) is 8.53. The molecule has 2 aromatic carbocycles. The fraction of sp³-hybridized carbons (Fsp3) is 0.391. The molecule has 0 aliphatic rings. The molecule has 0 bridgehead atoms. The van der Waals surface area contributed by atoms with E-state index in [1.165, 1.54) is 0 Å². The van der Waals surface area contributed by atoms with Gasteiger partial charge in [-0.15, -0.1) is 0 Å². The lowest BCUT2D eigenvalue weighted by molar-refractivity contribution is -0.862. The number of anilines is 1. The first kappa shape index (κ1) is 23.2. The fourth-order valence-corrected chi connectivity index (χ4v) is 2.79. The number of amides is 2. The molecule has 0 saturated carbocycles. The van der Waals surface area contributed by atoms with E-state index in [1.54, 1.807) is 24.3 Å². The lowest BCUT2D eigenvalue weighted by Crippen LogP contribution is -3.11. The Morgan fingerprint density at radius 3 is 1.90 bits per heavy atom. The third-order valence-electron chi connectivity index (χ3n) is 3.95.